The minimum Gasteiger partial charge on any atom is -0.311 e. The molecule has 0 amide bonds. The highest BCUT2D eigenvalue weighted by Crippen LogP contribution is 2.25. The Morgan fingerprint density at radius 1 is 0.897 bits per heavy atom. The zero-order chi connectivity index (χ0) is 19.9. The minimum absolute atomic E-state index is 0.524. The number of fused-ring (bicyclic) bond motifs is 1. The second-order valence-corrected chi connectivity index (χ2v) is 7.78. The van der Waals surface area contributed by atoms with E-state index < -0.39 is 0 Å². The van der Waals surface area contributed by atoms with Crippen LogP contribution >= 0.6 is 0 Å². The van der Waals surface area contributed by atoms with Crippen molar-refractivity contribution in [3.63, 3.8) is 0 Å². The van der Waals surface area contributed by atoms with Gasteiger partial charge in [0, 0.05) is 32.2 Å². The van der Waals surface area contributed by atoms with Gasteiger partial charge in [-0.1, -0.05) is 66.7 Å². The fourth-order valence-corrected chi connectivity index (χ4v) is 4.20. The van der Waals surface area contributed by atoms with Gasteiger partial charge in [-0.2, -0.15) is 5.26 Å². The summed E-state index contributed by atoms with van der Waals surface area (Å²) in [5.41, 5.74) is 6.24. The van der Waals surface area contributed by atoms with Gasteiger partial charge >= 0.3 is 0 Å². The van der Waals surface area contributed by atoms with E-state index >= 15 is 0 Å². The third kappa shape index (κ3) is 5.12. The lowest BCUT2D eigenvalue weighted by atomic mass is 9.90. The van der Waals surface area contributed by atoms with Crippen molar-refractivity contribution in [1.29, 1.82) is 5.26 Å². The first-order valence-corrected chi connectivity index (χ1v) is 10.4. The van der Waals surface area contributed by atoms with E-state index in [1.807, 2.05) is 18.2 Å². The van der Waals surface area contributed by atoms with E-state index in [0.717, 1.165) is 50.1 Å². The Hall–Kier alpha value is -2.93. The van der Waals surface area contributed by atoms with E-state index in [2.05, 4.69) is 76.9 Å². The Morgan fingerprint density at radius 3 is 2.48 bits per heavy atom. The van der Waals surface area contributed by atoms with Crippen molar-refractivity contribution in [2.24, 2.45) is 0 Å². The summed E-state index contributed by atoms with van der Waals surface area (Å²) >= 11 is 0. The summed E-state index contributed by atoms with van der Waals surface area (Å²) in [6.07, 6.45) is 2.19. The van der Waals surface area contributed by atoms with Crippen LogP contribution in [0.4, 0.5) is 0 Å². The minimum atomic E-state index is 0.524. The highest BCUT2D eigenvalue weighted by atomic mass is 15.2. The van der Waals surface area contributed by atoms with Crippen molar-refractivity contribution >= 4 is 0 Å². The fourth-order valence-electron chi connectivity index (χ4n) is 4.20. The van der Waals surface area contributed by atoms with Crippen LogP contribution in [0.25, 0.3) is 0 Å². The molecule has 0 fully saturated rings. The molecule has 3 aromatic rings. The van der Waals surface area contributed by atoms with Gasteiger partial charge in [-0.3, -0.25) is 4.90 Å². The summed E-state index contributed by atoms with van der Waals surface area (Å²) < 4.78 is 0. The molecule has 1 N–H and O–H groups in total. The van der Waals surface area contributed by atoms with Crippen molar-refractivity contribution in [1.82, 2.24) is 10.2 Å². The van der Waals surface area contributed by atoms with Crippen LogP contribution in [-0.2, 0) is 25.9 Å². The summed E-state index contributed by atoms with van der Waals surface area (Å²) in [6, 6.07) is 30.2. The zero-order valence-corrected chi connectivity index (χ0v) is 16.7. The maximum Gasteiger partial charge on any atom is 0.0991 e. The molecular weight excluding hydrogens is 354 g/mol. The van der Waals surface area contributed by atoms with E-state index in [9.17, 15) is 0 Å². The predicted octanol–water partition coefficient (Wildman–Crippen LogP) is 4.32. The normalized spacial score (nSPS) is 16.2. The molecule has 0 radical (unpaired) electrons. The summed E-state index contributed by atoms with van der Waals surface area (Å²) in [5.74, 6) is 0. The summed E-state index contributed by atoms with van der Waals surface area (Å²) in [7, 11) is 0. The number of hydrogen-bond acceptors (Lipinski definition) is 3. The lowest BCUT2D eigenvalue weighted by molar-refractivity contribution is 0.170. The average Bonchev–Trinajstić information content (AvgIpc) is 2.77. The molecule has 0 aromatic heterocycles. The van der Waals surface area contributed by atoms with Gasteiger partial charge in [-0.15, -0.1) is 0 Å². The predicted molar refractivity (Wildman–Crippen MR) is 117 cm³/mol. The van der Waals surface area contributed by atoms with Crippen molar-refractivity contribution in [3.05, 3.63) is 107 Å². The van der Waals surface area contributed by atoms with E-state index in [-0.39, 0.29) is 0 Å². The monoisotopic (exact) mass is 381 g/mol. The molecule has 4 rings (SSSR count). The highest BCUT2D eigenvalue weighted by Gasteiger charge is 2.25. The van der Waals surface area contributed by atoms with E-state index in [4.69, 9.17) is 5.26 Å². The molecule has 1 aliphatic heterocycles. The third-order valence-electron chi connectivity index (χ3n) is 5.74. The van der Waals surface area contributed by atoms with Crippen LogP contribution in [0.5, 0.6) is 0 Å². The first-order chi connectivity index (χ1) is 14.3. The fraction of sp³-hybridized carbons (Fsp3) is 0.269. The Bertz CT molecular complexity index is 974. The average molecular weight is 382 g/mol. The van der Waals surface area contributed by atoms with Gasteiger partial charge in [0.2, 0.25) is 0 Å². The molecule has 1 unspecified atom stereocenters. The molecule has 0 aliphatic carbocycles. The SMILES string of the molecule is N#Cc1cccc(CNCCN2Cc3ccccc3CC2Cc2ccccc2)c1. The Morgan fingerprint density at radius 2 is 1.66 bits per heavy atom. The van der Waals surface area contributed by atoms with Crippen LogP contribution in [0.1, 0.15) is 27.8 Å². The van der Waals surface area contributed by atoms with Gasteiger partial charge < -0.3 is 5.32 Å². The second kappa shape index (κ2) is 9.52. The highest BCUT2D eigenvalue weighted by molar-refractivity contribution is 5.33. The van der Waals surface area contributed by atoms with Crippen LogP contribution in [0.15, 0.2) is 78.9 Å². The molecule has 146 valence electrons. The standard InChI is InChI=1S/C26H27N3/c27-18-22-9-6-10-23(15-22)19-28-13-14-29-20-25-12-5-4-11-24(25)17-26(29)16-21-7-2-1-3-8-21/h1-12,15,26,28H,13-14,16-17,19-20H2. The van der Waals surface area contributed by atoms with Crippen LogP contribution in [0.2, 0.25) is 0 Å². The number of nitrogens with one attached hydrogen (secondary N) is 1. The van der Waals surface area contributed by atoms with Crippen molar-refractivity contribution in [2.75, 3.05) is 13.1 Å². The zero-order valence-electron chi connectivity index (χ0n) is 16.7. The topological polar surface area (TPSA) is 39.1 Å². The molecule has 0 bridgehead atoms. The molecule has 0 spiro atoms. The smallest absolute Gasteiger partial charge is 0.0991 e. The quantitative estimate of drug-likeness (QED) is 0.620. The van der Waals surface area contributed by atoms with Crippen LogP contribution in [0, 0.1) is 11.3 Å². The van der Waals surface area contributed by atoms with Gasteiger partial charge in [0.15, 0.2) is 0 Å². The molecule has 29 heavy (non-hydrogen) atoms. The number of benzene rings is 3. The summed E-state index contributed by atoms with van der Waals surface area (Å²) in [5, 5.41) is 12.6. The molecule has 1 atom stereocenters. The molecule has 1 aliphatic rings. The largest absolute Gasteiger partial charge is 0.311 e. The molecule has 3 nitrogen and oxygen atoms in total. The lowest BCUT2D eigenvalue weighted by Crippen LogP contribution is -2.44. The molecule has 0 saturated carbocycles. The van der Waals surface area contributed by atoms with Gasteiger partial charge in [0.05, 0.1) is 11.6 Å². The third-order valence-corrected chi connectivity index (χ3v) is 5.74. The van der Waals surface area contributed by atoms with E-state index in [1.54, 1.807) is 0 Å². The number of hydrogen-bond donors (Lipinski definition) is 1. The number of nitrogens with zero attached hydrogens (tertiary/aromatic N) is 2. The van der Waals surface area contributed by atoms with Gasteiger partial charge in [-0.25, -0.2) is 0 Å². The molecule has 3 heteroatoms. The van der Waals surface area contributed by atoms with Gasteiger partial charge in [0.25, 0.3) is 0 Å². The van der Waals surface area contributed by atoms with Crippen molar-refractivity contribution in [3.8, 4) is 6.07 Å². The van der Waals surface area contributed by atoms with Crippen molar-refractivity contribution < 1.29 is 0 Å². The molecule has 3 aromatic carbocycles. The Kier molecular flexibility index (Phi) is 6.36. The summed E-state index contributed by atoms with van der Waals surface area (Å²) in [6.45, 7) is 3.76. The second-order valence-electron chi connectivity index (χ2n) is 7.78. The maximum absolute atomic E-state index is 9.06. The first kappa shape index (κ1) is 19.4. The lowest BCUT2D eigenvalue weighted by Gasteiger charge is -2.37. The van der Waals surface area contributed by atoms with E-state index in [1.165, 1.54) is 16.7 Å². The first-order valence-electron chi connectivity index (χ1n) is 10.4. The summed E-state index contributed by atoms with van der Waals surface area (Å²) in [4.78, 5) is 2.62. The maximum atomic E-state index is 9.06. The van der Waals surface area contributed by atoms with Gasteiger partial charge in [-0.05, 0) is 47.2 Å². The molecular formula is C26H27N3. The Balaban J connectivity index is 1.38. The van der Waals surface area contributed by atoms with Crippen LogP contribution < -0.4 is 5.32 Å². The number of nitriles is 1. The molecule has 0 saturated heterocycles. The van der Waals surface area contributed by atoms with E-state index in [0.29, 0.717) is 6.04 Å². The van der Waals surface area contributed by atoms with Gasteiger partial charge in [0.1, 0.15) is 0 Å². The van der Waals surface area contributed by atoms with Crippen LogP contribution in [-0.4, -0.2) is 24.0 Å². The van der Waals surface area contributed by atoms with Crippen molar-refractivity contribution in [2.45, 2.75) is 32.0 Å². The number of rotatable bonds is 7. The molecule has 1 heterocycles. The van der Waals surface area contributed by atoms with Crippen LogP contribution in [0.3, 0.4) is 0 Å². The Labute approximate surface area is 173 Å².